The summed E-state index contributed by atoms with van der Waals surface area (Å²) in [5, 5.41) is 3.49. The minimum atomic E-state index is 0.517. The molecule has 1 N–H and O–H groups in total. The van der Waals surface area contributed by atoms with Crippen LogP contribution in [-0.4, -0.2) is 50.8 Å². The summed E-state index contributed by atoms with van der Waals surface area (Å²) in [5.74, 6) is 1.96. The zero-order chi connectivity index (χ0) is 12.8. The van der Waals surface area contributed by atoms with Gasteiger partial charge in [0, 0.05) is 33.8 Å². The molecule has 104 valence electrons. The Labute approximate surface area is 111 Å². The quantitative estimate of drug-likeness (QED) is 0.831. The molecular weight excluding hydrogens is 226 g/mol. The average Bonchev–Trinajstić information content (AvgIpc) is 2.42. The van der Waals surface area contributed by atoms with E-state index in [1.54, 1.807) is 0 Å². The molecule has 1 heterocycles. The van der Waals surface area contributed by atoms with E-state index in [2.05, 4.69) is 22.3 Å². The molecule has 0 radical (unpaired) electrons. The zero-order valence-corrected chi connectivity index (χ0v) is 11.8. The van der Waals surface area contributed by atoms with E-state index in [4.69, 9.17) is 4.74 Å². The summed E-state index contributed by atoms with van der Waals surface area (Å²) >= 11 is 0. The van der Waals surface area contributed by atoms with Crippen molar-refractivity contribution in [2.45, 2.75) is 44.6 Å². The van der Waals surface area contributed by atoms with Crippen molar-refractivity contribution < 1.29 is 4.74 Å². The van der Waals surface area contributed by atoms with Crippen LogP contribution in [0.4, 0.5) is 0 Å². The topological polar surface area (TPSA) is 36.9 Å². The van der Waals surface area contributed by atoms with E-state index in [-0.39, 0.29) is 0 Å². The molecule has 0 saturated heterocycles. The van der Waals surface area contributed by atoms with E-state index < -0.39 is 0 Å². The first-order valence-corrected chi connectivity index (χ1v) is 7.32. The first-order chi connectivity index (χ1) is 8.79. The van der Waals surface area contributed by atoms with Crippen LogP contribution in [0, 0.1) is 5.92 Å². The maximum atomic E-state index is 5.41. The number of hydrogen-bond donors (Lipinski definition) is 1. The van der Waals surface area contributed by atoms with Crippen LogP contribution < -0.4 is 5.32 Å². The number of hydrogen-bond acceptors (Lipinski definition) is 4. The fourth-order valence-electron chi connectivity index (χ4n) is 2.95. The van der Waals surface area contributed by atoms with Gasteiger partial charge in [-0.3, -0.25) is 4.99 Å². The molecule has 0 atom stereocenters. The summed E-state index contributed by atoms with van der Waals surface area (Å²) < 4.78 is 5.41. The number of guanidine groups is 1. The highest BCUT2D eigenvalue weighted by atomic mass is 16.5. The van der Waals surface area contributed by atoms with Crippen molar-refractivity contribution in [2.75, 3.05) is 33.8 Å². The summed E-state index contributed by atoms with van der Waals surface area (Å²) in [6.45, 7) is 3.17. The van der Waals surface area contributed by atoms with Crippen LogP contribution in [0.25, 0.3) is 0 Å². The molecular formula is C14H27N3O. The molecule has 0 aromatic carbocycles. The van der Waals surface area contributed by atoms with Crippen LogP contribution in [0.5, 0.6) is 0 Å². The lowest BCUT2D eigenvalue weighted by atomic mass is 9.85. The van der Waals surface area contributed by atoms with E-state index in [1.807, 2.05) is 7.11 Å². The molecule has 4 nitrogen and oxygen atoms in total. The molecule has 4 heteroatoms. The second-order valence-electron chi connectivity index (χ2n) is 5.57. The third-order valence-corrected chi connectivity index (χ3v) is 4.24. The first-order valence-electron chi connectivity index (χ1n) is 7.32. The molecule has 0 spiro atoms. The lowest BCUT2D eigenvalue weighted by Crippen LogP contribution is -2.42. The molecule has 0 unspecified atom stereocenters. The Kier molecular flexibility index (Phi) is 5.29. The fourth-order valence-corrected chi connectivity index (χ4v) is 2.95. The molecule has 0 aromatic heterocycles. The Morgan fingerprint density at radius 2 is 2.11 bits per heavy atom. The third kappa shape index (κ3) is 3.87. The average molecular weight is 253 g/mol. The summed E-state index contributed by atoms with van der Waals surface area (Å²) in [4.78, 5) is 6.76. The van der Waals surface area contributed by atoms with Gasteiger partial charge in [-0.2, -0.15) is 0 Å². The molecule has 2 aliphatic rings. The van der Waals surface area contributed by atoms with Crippen molar-refractivity contribution in [3.63, 3.8) is 0 Å². The second kappa shape index (κ2) is 6.98. The Balaban J connectivity index is 1.62. The van der Waals surface area contributed by atoms with Crippen LogP contribution >= 0.6 is 0 Å². The van der Waals surface area contributed by atoms with Gasteiger partial charge in [-0.1, -0.05) is 0 Å². The maximum Gasteiger partial charge on any atom is 0.193 e. The number of nitrogens with one attached hydrogen (secondary N) is 1. The Morgan fingerprint density at radius 1 is 1.33 bits per heavy atom. The number of methoxy groups -OCH3 is 1. The van der Waals surface area contributed by atoms with Gasteiger partial charge in [-0.05, 0) is 44.4 Å². The van der Waals surface area contributed by atoms with Gasteiger partial charge in [0.1, 0.15) is 0 Å². The first kappa shape index (κ1) is 13.7. The minimum absolute atomic E-state index is 0.517. The van der Waals surface area contributed by atoms with E-state index in [1.165, 1.54) is 38.5 Å². The predicted molar refractivity (Wildman–Crippen MR) is 74.9 cm³/mol. The van der Waals surface area contributed by atoms with E-state index in [9.17, 15) is 0 Å². The van der Waals surface area contributed by atoms with E-state index in [0.717, 1.165) is 31.5 Å². The van der Waals surface area contributed by atoms with Gasteiger partial charge < -0.3 is 15.0 Å². The van der Waals surface area contributed by atoms with E-state index in [0.29, 0.717) is 6.10 Å². The second-order valence-corrected chi connectivity index (χ2v) is 5.57. The summed E-state index contributed by atoms with van der Waals surface area (Å²) in [7, 11) is 3.96. The molecule has 0 aromatic rings. The highest BCUT2D eigenvalue weighted by Gasteiger charge is 2.20. The molecule has 1 aliphatic heterocycles. The van der Waals surface area contributed by atoms with Crippen LogP contribution in [0.15, 0.2) is 4.99 Å². The van der Waals surface area contributed by atoms with Crippen LogP contribution in [0.1, 0.15) is 38.5 Å². The molecule has 0 amide bonds. The number of aliphatic imine (C=N–C) groups is 1. The van der Waals surface area contributed by atoms with Crippen molar-refractivity contribution >= 4 is 5.96 Å². The largest absolute Gasteiger partial charge is 0.381 e. The van der Waals surface area contributed by atoms with Crippen molar-refractivity contribution in [1.82, 2.24) is 10.2 Å². The number of nitrogens with zero attached hydrogens (tertiary/aromatic N) is 2. The normalized spacial score (nSPS) is 29.0. The Bertz CT molecular complexity index is 272. The van der Waals surface area contributed by atoms with Gasteiger partial charge in [0.2, 0.25) is 0 Å². The highest BCUT2D eigenvalue weighted by Crippen LogP contribution is 2.27. The van der Waals surface area contributed by atoms with Crippen LogP contribution in [0.2, 0.25) is 0 Å². The summed E-state index contributed by atoms with van der Waals surface area (Å²) in [6, 6.07) is 0. The molecule has 1 fully saturated rings. The number of ether oxygens (including phenoxy) is 1. The smallest absolute Gasteiger partial charge is 0.193 e. The highest BCUT2D eigenvalue weighted by molar-refractivity contribution is 5.80. The monoisotopic (exact) mass is 253 g/mol. The fraction of sp³-hybridized carbons (Fsp3) is 0.929. The third-order valence-electron chi connectivity index (χ3n) is 4.24. The molecule has 0 bridgehead atoms. The van der Waals surface area contributed by atoms with Gasteiger partial charge in [0.05, 0.1) is 6.10 Å². The Hall–Kier alpha value is -0.770. The maximum absolute atomic E-state index is 5.41. The summed E-state index contributed by atoms with van der Waals surface area (Å²) in [5.41, 5.74) is 0. The summed E-state index contributed by atoms with van der Waals surface area (Å²) in [6.07, 6.45) is 8.09. The van der Waals surface area contributed by atoms with Crippen LogP contribution in [0.3, 0.4) is 0 Å². The van der Waals surface area contributed by atoms with Crippen molar-refractivity contribution in [2.24, 2.45) is 10.9 Å². The SMILES string of the molecule is COC1CCC(CCNC2=NCCCN2C)CC1. The lowest BCUT2D eigenvalue weighted by Gasteiger charge is -2.29. The van der Waals surface area contributed by atoms with Gasteiger partial charge in [-0.15, -0.1) is 0 Å². The minimum Gasteiger partial charge on any atom is -0.381 e. The zero-order valence-electron chi connectivity index (χ0n) is 11.8. The van der Waals surface area contributed by atoms with Gasteiger partial charge in [-0.25, -0.2) is 0 Å². The van der Waals surface area contributed by atoms with Gasteiger partial charge in [0.25, 0.3) is 0 Å². The van der Waals surface area contributed by atoms with Gasteiger partial charge >= 0.3 is 0 Å². The van der Waals surface area contributed by atoms with Crippen molar-refractivity contribution in [3.8, 4) is 0 Å². The molecule has 2 rings (SSSR count). The van der Waals surface area contributed by atoms with Gasteiger partial charge in [0.15, 0.2) is 5.96 Å². The molecule has 18 heavy (non-hydrogen) atoms. The number of rotatable bonds is 4. The molecule has 1 saturated carbocycles. The van der Waals surface area contributed by atoms with E-state index >= 15 is 0 Å². The molecule has 1 aliphatic carbocycles. The standard InChI is InChI=1S/C14H27N3O/c1-17-11-3-9-15-14(17)16-10-8-12-4-6-13(18-2)7-5-12/h12-13H,3-11H2,1-2H3,(H,15,16). The van der Waals surface area contributed by atoms with Crippen LogP contribution in [-0.2, 0) is 4.74 Å². The van der Waals surface area contributed by atoms with Crippen molar-refractivity contribution in [1.29, 1.82) is 0 Å². The van der Waals surface area contributed by atoms with Crippen molar-refractivity contribution in [3.05, 3.63) is 0 Å². The lowest BCUT2D eigenvalue weighted by molar-refractivity contribution is 0.0557. The Morgan fingerprint density at radius 3 is 2.78 bits per heavy atom. The predicted octanol–water partition coefficient (Wildman–Crippen LogP) is 1.86.